The van der Waals surface area contributed by atoms with Gasteiger partial charge in [0, 0.05) is 6.42 Å². The molecule has 0 radical (unpaired) electrons. The number of amides is 1. The van der Waals surface area contributed by atoms with Crippen LogP contribution < -0.4 is 5.32 Å². The van der Waals surface area contributed by atoms with Crippen molar-refractivity contribution in [1.82, 2.24) is 5.32 Å². The Labute approximate surface area is 452 Å². The average molecular weight is 1010 g/mol. The average Bonchev–Trinajstić information content (AvgIpc) is 3.39. The third-order valence-corrected chi connectivity index (χ3v) is 15.3. The Morgan fingerprint density at radius 3 is 0.889 bits per heavy atom. The summed E-state index contributed by atoms with van der Waals surface area (Å²) in [5.74, 6) is -0.0684. The molecule has 72 heavy (non-hydrogen) atoms. The molecule has 424 valence electrons. The summed E-state index contributed by atoms with van der Waals surface area (Å²) in [5.41, 5.74) is 0. The first-order valence-electron chi connectivity index (χ1n) is 32.9. The first-order valence-corrected chi connectivity index (χ1v) is 32.9. The van der Waals surface area contributed by atoms with Crippen molar-refractivity contribution < 1.29 is 15.0 Å². The minimum atomic E-state index is -0.864. The number of carbonyl (C=O) groups excluding carboxylic acids is 1. The highest BCUT2D eigenvalue weighted by Crippen LogP contribution is 2.18. The van der Waals surface area contributed by atoms with Gasteiger partial charge >= 0.3 is 0 Å². The molecule has 0 saturated carbocycles. The fourth-order valence-corrected chi connectivity index (χ4v) is 10.3. The van der Waals surface area contributed by atoms with Crippen LogP contribution in [0.5, 0.6) is 0 Å². The Morgan fingerprint density at radius 1 is 0.333 bits per heavy atom. The Kier molecular flexibility index (Phi) is 62.2. The molecule has 0 aliphatic carbocycles. The molecule has 0 aromatic heterocycles. The lowest BCUT2D eigenvalue weighted by Gasteiger charge is -2.19. The number of hydrogen-bond acceptors (Lipinski definition) is 3. The molecule has 0 aliphatic heterocycles. The lowest BCUT2D eigenvalue weighted by Crippen LogP contribution is -2.45. The zero-order valence-corrected chi connectivity index (χ0v) is 49.0. The van der Waals surface area contributed by atoms with Crippen LogP contribution in [0.25, 0.3) is 0 Å². The summed E-state index contributed by atoms with van der Waals surface area (Å²) in [6.07, 6.45) is 89.0. The smallest absolute Gasteiger partial charge is 0.220 e. The predicted molar refractivity (Wildman–Crippen MR) is 322 cm³/mol. The van der Waals surface area contributed by atoms with E-state index in [2.05, 4.69) is 55.6 Å². The first kappa shape index (κ1) is 70.3. The molecule has 2 unspecified atom stereocenters. The summed E-state index contributed by atoms with van der Waals surface area (Å²) >= 11 is 0. The maximum absolute atomic E-state index is 12.5. The molecule has 0 bridgehead atoms. The highest BCUT2D eigenvalue weighted by molar-refractivity contribution is 5.76. The Balaban J connectivity index is 3.47. The van der Waals surface area contributed by atoms with E-state index in [-0.39, 0.29) is 12.5 Å². The van der Waals surface area contributed by atoms with Crippen LogP contribution in [-0.2, 0) is 4.79 Å². The number of carbonyl (C=O) groups is 1. The van der Waals surface area contributed by atoms with Gasteiger partial charge in [-0.3, -0.25) is 4.79 Å². The Bertz CT molecular complexity index is 1140. The topological polar surface area (TPSA) is 69.6 Å². The molecule has 1 amide bonds. The largest absolute Gasteiger partial charge is 0.394 e. The van der Waals surface area contributed by atoms with Gasteiger partial charge in [0.05, 0.1) is 18.8 Å². The van der Waals surface area contributed by atoms with Gasteiger partial charge in [0.1, 0.15) is 0 Å². The van der Waals surface area contributed by atoms with Gasteiger partial charge in [-0.15, -0.1) is 0 Å². The molecule has 0 aliphatic rings. The van der Waals surface area contributed by atoms with E-state index in [1.807, 2.05) is 6.08 Å². The molecule has 0 saturated heterocycles. The molecular formula is C68H129NO3. The molecule has 0 spiro atoms. The fraction of sp³-hybridized carbons (Fsp3) is 0.868. The van der Waals surface area contributed by atoms with Crippen molar-refractivity contribution in [1.29, 1.82) is 0 Å². The maximum Gasteiger partial charge on any atom is 0.220 e. The summed E-state index contributed by atoms with van der Waals surface area (Å²) in [4.78, 5) is 12.5. The van der Waals surface area contributed by atoms with E-state index in [4.69, 9.17) is 0 Å². The quantitative estimate of drug-likeness (QED) is 0.0420. The van der Waals surface area contributed by atoms with Crippen LogP contribution in [0, 0.1) is 0 Å². The van der Waals surface area contributed by atoms with Crippen molar-refractivity contribution in [2.75, 3.05) is 6.61 Å². The summed E-state index contributed by atoms with van der Waals surface area (Å²) in [6.45, 7) is 4.34. The molecule has 3 N–H and O–H groups in total. The fourth-order valence-electron chi connectivity index (χ4n) is 10.3. The SMILES string of the molecule is CCCCCCCCCCCCC/C=C\C/C=C\CCCCCCCCCCCCCCCCCCCC(=O)NC(CO)C(O)/C=C/CC/C=C/CCCCCCCCCCCCCCCCCCCCC. The molecule has 0 fully saturated rings. The summed E-state index contributed by atoms with van der Waals surface area (Å²) in [5, 5.41) is 23.2. The van der Waals surface area contributed by atoms with Gasteiger partial charge in [-0.2, -0.15) is 0 Å². The van der Waals surface area contributed by atoms with Crippen molar-refractivity contribution >= 4 is 5.91 Å². The molecule has 0 aromatic carbocycles. The molecule has 2 atom stereocenters. The third-order valence-electron chi connectivity index (χ3n) is 15.3. The van der Waals surface area contributed by atoms with Crippen LogP contribution >= 0.6 is 0 Å². The van der Waals surface area contributed by atoms with E-state index < -0.39 is 12.1 Å². The first-order chi connectivity index (χ1) is 35.7. The summed E-state index contributed by atoms with van der Waals surface area (Å²) in [6, 6.07) is -0.641. The van der Waals surface area contributed by atoms with Gasteiger partial charge in [-0.1, -0.05) is 339 Å². The third kappa shape index (κ3) is 59.2. The lowest BCUT2D eigenvalue weighted by atomic mass is 10.0. The van der Waals surface area contributed by atoms with Crippen molar-refractivity contribution in [3.05, 3.63) is 48.6 Å². The van der Waals surface area contributed by atoms with E-state index in [1.54, 1.807) is 6.08 Å². The van der Waals surface area contributed by atoms with Gasteiger partial charge in [0.25, 0.3) is 0 Å². The van der Waals surface area contributed by atoms with Crippen LogP contribution in [-0.4, -0.2) is 34.9 Å². The van der Waals surface area contributed by atoms with Crippen LogP contribution in [0.3, 0.4) is 0 Å². The standard InChI is InChI=1S/C68H129NO3/c1-3-5-7-9-11-13-15-17-19-21-23-25-27-29-30-31-32-33-34-35-36-37-38-40-42-44-46-48-50-52-54-56-58-60-62-64-68(72)69-66(65-70)67(71)63-61-59-57-55-53-51-49-47-45-43-41-39-28-26-24-22-20-18-16-14-12-10-8-6-4-2/h27,29,31-32,53,55,61,63,66-67,70-71H,3-26,28,30,33-52,54,56-60,62,64-65H2,1-2H3,(H,69,72)/b29-27-,32-31-,55-53+,63-61+. The highest BCUT2D eigenvalue weighted by atomic mass is 16.3. The number of aliphatic hydroxyl groups is 2. The molecule has 4 heteroatoms. The second-order valence-electron chi connectivity index (χ2n) is 22.5. The van der Waals surface area contributed by atoms with Gasteiger partial charge in [0.15, 0.2) is 0 Å². The number of aliphatic hydroxyl groups excluding tert-OH is 2. The molecule has 0 heterocycles. The van der Waals surface area contributed by atoms with Crippen LogP contribution in [0.4, 0.5) is 0 Å². The summed E-state index contributed by atoms with van der Waals surface area (Å²) in [7, 11) is 0. The van der Waals surface area contributed by atoms with Crippen molar-refractivity contribution in [2.24, 2.45) is 0 Å². The Morgan fingerprint density at radius 2 is 0.583 bits per heavy atom. The van der Waals surface area contributed by atoms with E-state index >= 15 is 0 Å². The van der Waals surface area contributed by atoms with Crippen molar-refractivity contribution in [2.45, 2.75) is 373 Å². The van der Waals surface area contributed by atoms with Crippen molar-refractivity contribution in [3.63, 3.8) is 0 Å². The van der Waals surface area contributed by atoms with Crippen LogP contribution in [0.15, 0.2) is 48.6 Å². The van der Waals surface area contributed by atoms with Crippen molar-refractivity contribution in [3.8, 4) is 0 Å². The van der Waals surface area contributed by atoms with E-state index in [0.29, 0.717) is 6.42 Å². The second kappa shape index (κ2) is 63.6. The van der Waals surface area contributed by atoms with Crippen LogP contribution in [0.2, 0.25) is 0 Å². The molecule has 0 aromatic rings. The highest BCUT2D eigenvalue weighted by Gasteiger charge is 2.18. The zero-order chi connectivity index (χ0) is 52.0. The minimum Gasteiger partial charge on any atom is -0.394 e. The number of hydrogen-bond donors (Lipinski definition) is 3. The minimum absolute atomic E-state index is 0.0684. The van der Waals surface area contributed by atoms with Gasteiger partial charge < -0.3 is 15.5 Å². The number of allylic oxidation sites excluding steroid dienone is 7. The maximum atomic E-state index is 12.5. The monoisotopic (exact) mass is 1010 g/mol. The molecule has 0 rings (SSSR count). The van der Waals surface area contributed by atoms with E-state index in [9.17, 15) is 15.0 Å². The molecule has 4 nitrogen and oxygen atoms in total. The normalized spacial score (nSPS) is 13.0. The van der Waals surface area contributed by atoms with Crippen LogP contribution in [0.1, 0.15) is 361 Å². The second-order valence-corrected chi connectivity index (χ2v) is 22.5. The van der Waals surface area contributed by atoms with Gasteiger partial charge in [-0.25, -0.2) is 0 Å². The van der Waals surface area contributed by atoms with Gasteiger partial charge in [0.2, 0.25) is 5.91 Å². The Hall–Kier alpha value is -1.65. The predicted octanol–water partition coefficient (Wildman–Crippen LogP) is 22.2. The van der Waals surface area contributed by atoms with Gasteiger partial charge in [-0.05, 0) is 64.2 Å². The number of nitrogens with one attached hydrogen (secondary N) is 1. The lowest BCUT2D eigenvalue weighted by molar-refractivity contribution is -0.123. The molecular weight excluding hydrogens is 879 g/mol. The number of unbranched alkanes of at least 4 members (excludes halogenated alkanes) is 48. The summed E-state index contributed by atoms with van der Waals surface area (Å²) < 4.78 is 0. The van der Waals surface area contributed by atoms with E-state index in [1.165, 1.54) is 302 Å². The zero-order valence-electron chi connectivity index (χ0n) is 49.0. The van der Waals surface area contributed by atoms with E-state index in [0.717, 1.165) is 38.5 Å². The number of rotatable bonds is 61.